The third-order valence-corrected chi connectivity index (χ3v) is 7.77. The lowest BCUT2D eigenvalue weighted by Crippen LogP contribution is -2.52. The predicted molar refractivity (Wildman–Crippen MR) is 114 cm³/mol. The fourth-order valence-corrected chi connectivity index (χ4v) is 6.05. The Labute approximate surface area is 179 Å². The number of anilines is 1. The molecule has 0 radical (unpaired) electrons. The zero-order valence-corrected chi connectivity index (χ0v) is 17.6. The third kappa shape index (κ3) is 2.82. The normalized spacial score (nSPS) is 23.1. The summed E-state index contributed by atoms with van der Waals surface area (Å²) < 4.78 is 19.2. The molecule has 1 saturated heterocycles. The number of ether oxygens (including phenoxy) is 1. The fourth-order valence-electron chi connectivity index (χ4n) is 4.59. The molecule has 1 unspecified atom stereocenters. The van der Waals surface area contributed by atoms with Crippen molar-refractivity contribution in [3.63, 3.8) is 0 Å². The zero-order chi connectivity index (χ0) is 20.9. The van der Waals surface area contributed by atoms with Crippen LogP contribution in [0, 0.1) is 11.7 Å². The van der Waals surface area contributed by atoms with Crippen LogP contribution in [0.4, 0.5) is 10.1 Å². The van der Waals surface area contributed by atoms with Crippen molar-refractivity contribution in [2.24, 2.45) is 5.92 Å². The van der Waals surface area contributed by atoms with Gasteiger partial charge in [0.1, 0.15) is 11.6 Å². The molecule has 2 fully saturated rings. The number of methoxy groups -OCH3 is 1. The summed E-state index contributed by atoms with van der Waals surface area (Å²) in [6, 6.07) is 11.9. The lowest BCUT2D eigenvalue weighted by atomic mass is 9.84. The lowest BCUT2D eigenvalue weighted by molar-refractivity contribution is -0.145. The summed E-state index contributed by atoms with van der Waals surface area (Å²) in [6.07, 6.45) is 2.85. The van der Waals surface area contributed by atoms with Crippen molar-refractivity contribution in [1.29, 1.82) is 0 Å². The van der Waals surface area contributed by atoms with Gasteiger partial charge in [-0.25, -0.2) is 4.39 Å². The summed E-state index contributed by atoms with van der Waals surface area (Å²) in [4.78, 5) is 29.6. The van der Waals surface area contributed by atoms with E-state index in [1.807, 2.05) is 24.3 Å². The minimum absolute atomic E-state index is 0.0136. The molecule has 7 heteroatoms. The van der Waals surface area contributed by atoms with Crippen LogP contribution >= 0.6 is 11.8 Å². The number of amides is 2. The van der Waals surface area contributed by atoms with Gasteiger partial charge in [0.25, 0.3) is 5.91 Å². The molecule has 2 heterocycles. The smallest absolute Gasteiger partial charge is 0.268 e. The molecule has 1 atom stereocenters. The van der Waals surface area contributed by atoms with Crippen molar-refractivity contribution >= 4 is 29.3 Å². The average molecular weight is 427 g/mol. The second-order valence-corrected chi connectivity index (χ2v) is 9.30. The van der Waals surface area contributed by atoms with Gasteiger partial charge in [-0.1, -0.05) is 18.6 Å². The van der Waals surface area contributed by atoms with Crippen molar-refractivity contribution < 1.29 is 18.7 Å². The van der Waals surface area contributed by atoms with Crippen LogP contribution in [0.1, 0.15) is 30.4 Å². The molecule has 5 rings (SSSR count). The molecule has 1 spiro atoms. The van der Waals surface area contributed by atoms with E-state index in [4.69, 9.17) is 4.74 Å². The molecule has 2 aliphatic heterocycles. The van der Waals surface area contributed by atoms with Crippen molar-refractivity contribution in [2.45, 2.75) is 30.7 Å². The Hall–Kier alpha value is -2.54. The highest BCUT2D eigenvalue weighted by Crippen LogP contribution is 2.56. The standard InChI is InChI=1S/C23H23FN2O3S/c1-29-18-8-9-20-19(13-18)23(26(10-11-30-23)21(27)16-5-3-6-16)22(28)25(20)14-15-4-2-7-17(24)12-15/h2,4,7-9,12-13,16H,3,5-6,10-11,14H2,1H3. The first kappa shape index (κ1) is 19.4. The Morgan fingerprint density at radius 3 is 2.80 bits per heavy atom. The summed E-state index contributed by atoms with van der Waals surface area (Å²) in [5.41, 5.74) is 2.26. The van der Waals surface area contributed by atoms with Crippen LogP contribution in [0.5, 0.6) is 5.75 Å². The zero-order valence-electron chi connectivity index (χ0n) is 16.8. The molecular weight excluding hydrogens is 403 g/mol. The van der Waals surface area contributed by atoms with Gasteiger partial charge < -0.3 is 14.5 Å². The Morgan fingerprint density at radius 2 is 2.10 bits per heavy atom. The number of nitrogens with zero attached hydrogens (tertiary/aromatic N) is 2. The molecule has 5 nitrogen and oxygen atoms in total. The molecule has 1 aliphatic carbocycles. The number of hydrogen-bond acceptors (Lipinski definition) is 4. The van der Waals surface area contributed by atoms with Gasteiger partial charge in [-0.15, -0.1) is 11.8 Å². The summed E-state index contributed by atoms with van der Waals surface area (Å²) in [7, 11) is 1.59. The summed E-state index contributed by atoms with van der Waals surface area (Å²) in [6.45, 7) is 0.805. The van der Waals surface area contributed by atoms with Gasteiger partial charge in [0.05, 0.1) is 19.3 Å². The SMILES string of the molecule is COc1ccc2c(c1)C1(SCCN1C(=O)C1CCC1)C(=O)N2Cc1cccc(F)c1. The Bertz CT molecular complexity index is 1030. The van der Waals surface area contributed by atoms with E-state index in [9.17, 15) is 14.0 Å². The van der Waals surface area contributed by atoms with E-state index >= 15 is 0 Å². The molecule has 1 saturated carbocycles. The number of thioether (sulfide) groups is 1. The number of carbonyl (C=O) groups excluding carboxylic acids is 2. The first-order valence-corrected chi connectivity index (χ1v) is 11.2. The van der Waals surface area contributed by atoms with E-state index in [1.165, 1.54) is 23.9 Å². The maximum Gasteiger partial charge on any atom is 0.268 e. The predicted octanol–water partition coefficient (Wildman–Crippen LogP) is 3.91. The Balaban J connectivity index is 1.59. The molecule has 2 aromatic carbocycles. The summed E-state index contributed by atoms with van der Waals surface area (Å²) in [5, 5.41) is 0. The van der Waals surface area contributed by atoms with Crippen molar-refractivity contribution in [2.75, 3.05) is 24.3 Å². The number of halogens is 1. The topological polar surface area (TPSA) is 49.9 Å². The van der Waals surface area contributed by atoms with Gasteiger partial charge in [0.15, 0.2) is 4.87 Å². The fraction of sp³-hybridized carbons (Fsp3) is 0.391. The summed E-state index contributed by atoms with van der Waals surface area (Å²) in [5.74, 6) is 0.970. The minimum Gasteiger partial charge on any atom is -0.497 e. The molecule has 0 aromatic heterocycles. The molecule has 2 aromatic rings. The van der Waals surface area contributed by atoms with Crippen LogP contribution in [-0.2, 0) is 21.0 Å². The number of fused-ring (bicyclic) bond motifs is 2. The molecule has 0 bridgehead atoms. The molecule has 0 N–H and O–H groups in total. The van der Waals surface area contributed by atoms with Gasteiger partial charge in [-0.2, -0.15) is 0 Å². The molecular formula is C23H23FN2O3S. The van der Waals surface area contributed by atoms with Gasteiger partial charge in [-0.3, -0.25) is 9.59 Å². The van der Waals surface area contributed by atoms with E-state index < -0.39 is 4.87 Å². The van der Waals surface area contributed by atoms with Gasteiger partial charge in [0, 0.05) is 23.8 Å². The number of rotatable bonds is 4. The monoisotopic (exact) mass is 426 g/mol. The van der Waals surface area contributed by atoms with Crippen LogP contribution in [0.25, 0.3) is 0 Å². The van der Waals surface area contributed by atoms with Gasteiger partial charge >= 0.3 is 0 Å². The lowest BCUT2D eigenvalue weighted by Gasteiger charge is -2.37. The third-order valence-electron chi connectivity index (χ3n) is 6.35. The number of benzene rings is 2. The Kier molecular flexibility index (Phi) is 4.73. The average Bonchev–Trinajstić information content (AvgIpc) is 3.24. The highest BCUT2D eigenvalue weighted by molar-refractivity contribution is 8.01. The van der Waals surface area contributed by atoms with E-state index in [-0.39, 0.29) is 30.1 Å². The van der Waals surface area contributed by atoms with Crippen molar-refractivity contribution in [1.82, 2.24) is 4.90 Å². The summed E-state index contributed by atoms with van der Waals surface area (Å²) >= 11 is 1.51. The molecule has 2 amide bonds. The second kappa shape index (κ2) is 7.30. The van der Waals surface area contributed by atoms with Gasteiger partial charge in [-0.05, 0) is 48.7 Å². The van der Waals surface area contributed by atoms with E-state index in [0.29, 0.717) is 23.6 Å². The quantitative estimate of drug-likeness (QED) is 0.744. The molecule has 3 aliphatic rings. The van der Waals surface area contributed by atoms with E-state index in [0.717, 1.165) is 30.5 Å². The van der Waals surface area contributed by atoms with E-state index in [2.05, 4.69) is 0 Å². The maximum atomic E-state index is 13.9. The van der Waals surface area contributed by atoms with Crippen LogP contribution in [0.3, 0.4) is 0 Å². The minimum atomic E-state index is -1.07. The Morgan fingerprint density at radius 1 is 1.27 bits per heavy atom. The largest absolute Gasteiger partial charge is 0.497 e. The van der Waals surface area contributed by atoms with Crippen LogP contribution in [-0.4, -0.2) is 36.1 Å². The van der Waals surface area contributed by atoms with Gasteiger partial charge in [0.2, 0.25) is 5.91 Å². The van der Waals surface area contributed by atoms with Crippen LogP contribution < -0.4 is 9.64 Å². The highest BCUT2D eigenvalue weighted by atomic mass is 32.2. The van der Waals surface area contributed by atoms with Crippen molar-refractivity contribution in [3.8, 4) is 5.75 Å². The molecule has 30 heavy (non-hydrogen) atoms. The first-order chi connectivity index (χ1) is 14.5. The van der Waals surface area contributed by atoms with Crippen LogP contribution in [0.2, 0.25) is 0 Å². The molecule has 156 valence electrons. The van der Waals surface area contributed by atoms with E-state index in [1.54, 1.807) is 23.0 Å². The number of carbonyl (C=O) groups is 2. The first-order valence-electron chi connectivity index (χ1n) is 10.2. The van der Waals surface area contributed by atoms with Crippen LogP contribution in [0.15, 0.2) is 42.5 Å². The number of hydrogen-bond donors (Lipinski definition) is 0. The maximum absolute atomic E-state index is 13.9. The van der Waals surface area contributed by atoms with Crippen molar-refractivity contribution in [3.05, 3.63) is 59.4 Å². The second-order valence-electron chi connectivity index (χ2n) is 8.01. The highest BCUT2D eigenvalue weighted by Gasteiger charge is 2.60.